The minimum Gasteiger partial charge on any atom is -0.329 e. The van der Waals surface area contributed by atoms with Gasteiger partial charge in [0.15, 0.2) is 0 Å². The van der Waals surface area contributed by atoms with E-state index in [0.717, 1.165) is 24.8 Å². The number of halogens is 2. The Kier molecular flexibility index (Phi) is 7.85. The van der Waals surface area contributed by atoms with Crippen LogP contribution in [0.1, 0.15) is 60.9 Å². The number of aromatic nitrogens is 2. The zero-order chi connectivity index (χ0) is 25.8. The maximum Gasteiger partial charge on any atom is 0.266 e. The van der Waals surface area contributed by atoms with Crippen LogP contribution in [0.4, 0.5) is 4.39 Å². The minimum atomic E-state index is -0.574. The number of amides is 1. The van der Waals surface area contributed by atoms with Crippen LogP contribution < -0.4 is 5.56 Å². The molecular weight excluding hydrogens is 477 g/mol. The first-order chi connectivity index (χ1) is 17.3. The zero-order valence-corrected chi connectivity index (χ0v) is 21.4. The molecule has 0 N–H and O–H groups in total. The highest BCUT2D eigenvalue weighted by atomic mass is 35.5. The topological polar surface area (TPSA) is 55.2 Å². The van der Waals surface area contributed by atoms with E-state index in [1.165, 1.54) is 18.2 Å². The zero-order valence-electron chi connectivity index (χ0n) is 20.7. The highest BCUT2D eigenvalue weighted by Crippen LogP contribution is 2.26. The second-order valence-electron chi connectivity index (χ2n) is 9.00. The van der Waals surface area contributed by atoms with Crippen molar-refractivity contribution in [2.75, 3.05) is 6.54 Å². The molecule has 1 aromatic heterocycles. The van der Waals surface area contributed by atoms with Gasteiger partial charge in [0.2, 0.25) is 0 Å². The third-order valence-corrected chi connectivity index (χ3v) is 6.56. The van der Waals surface area contributed by atoms with Crippen molar-refractivity contribution in [1.29, 1.82) is 0 Å². The van der Waals surface area contributed by atoms with Crippen molar-refractivity contribution in [3.8, 4) is 5.69 Å². The summed E-state index contributed by atoms with van der Waals surface area (Å²) in [5.74, 6) is -0.370. The summed E-state index contributed by atoms with van der Waals surface area (Å²) in [5.41, 5.74) is 2.19. The maximum absolute atomic E-state index is 14.0. The summed E-state index contributed by atoms with van der Waals surface area (Å²) in [6.45, 7) is 6.36. The second kappa shape index (κ2) is 11.0. The van der Waals surface area contributed by atoms with Crippen LogP contribution in [0.5, 0.6) is 0 Å². The van der Waals surface area contributed by atoms with Crippen molar-refractivity contribution >= 4 is 28.4 Å². The third kappa shape index (κ3) is 5.34. The summed E-state index contributed by atoms with van der Waals surface area (Å²) in [6.07, 6.45) is 2.69. The van der Waals surface area contributed by atoms with Crippen LogP contribution in [0.15, 0.2) is 71.5 Å². The predicted molar refractivity (Wildman–Crippen MR) is 142 cm³/mol. The molecule has 0 fully saturated rings. The standard InChI is InChI=1S/C29H29ClFN3O2/c1-4-5-6-16-33(28(35)21-8-7-9-23(31)17-21)20(3)27-32-26-18-22(30)12-15-25(26)29(36)34(27)24-13-10-19(2)11-14-24/h7-15,17-18,20H,4-6,16H2,1-3H3. The number of hydrogen-bond donors (Lipinski definition) is 0. The van der Waals surface area contributed by atoms with Gasteiger partial charge in [-0.3, -0.25) is 14.2 Å². The smallest absolute Gasteiger partial charge is 0.266 e. The number of fused-ring (bicyclic) bond motifs is 1. The molecule has 0 aliphatic rings. The van der Waals surface area contributed by atoms with E-state index in [2.05, 4.69) is 6.92 Å². The summed E-state index contributed by atoms with van der Waals surface area (Å²) < 4.78 is 15.5. The molecule has 0 saturated carbocycles. The molecule has 4 rings (SSSR count). The Labute approximate surface area is 215 Å². The van der Waals surface area contributed by atoms with Crippen molar-refractivity contribution in [2.24, 2.45) is 0 Å². The van der Waals surface area contributed by atoms with E-state index in [-0.39, 0.29) is 17.0 Å². The third-order valence-electron chi connectivity index (χ3n) is 6.33. The van der Waals surface area contributed by atoms with Gasteiger partial charge in [-0.05, 0) is 68.8 Å². The lowest BCUT2D eigenvalue weighted by atomic mass is 10.1. The first-order valence-electron chi connectivity index (χ1n) is 12.2. The highest BCUT2D eigenvalue weighted by Gasteiger charge is 2.27. The lowest BCUT2D eigenvalue weighted by Crippen LogP contribution is -2.38. The van der Waals surface area contributed by atoms with Gasteiger partial charge in [-0.1, -0.05) is 55.1 Å². The van der Waals surface area contributed by atoms with E-state index in [4.69, 9.17) is 16.6 Å². The van der Waals surface area contributed by atoms with Gasteiger partial charge < -0.3 is 4.90 Å². The fourth-order valence-electron chi connectivity index (χ4n) is 4.33. The molecule has 7 heteroatoms. The Balaban J connectivity index is 1.90. The number of nitrogens with zero attached hydrogens (tertiary/aromatic N) is 3. The van der Waals surface area contributed by atoms with Crippen LogP contribution in [0.2, 0.25) is 5.02 Å². The normalized spacial score (nSPS) is 12.0. The van der Waals surface area contributed by atoms with Crippen molar-refractivity contribution in [2.45, 2.75) is 46.1 Å². The second-order valence-corrected chi connectivity index (χ2v) is 9.44. The van der Waals surface area contributed by atoms with Crippen molar-refractivity contribution < 1.29 is 9.18 Å². The van der Waals surface area contributed by atoms with Crippen LogP contribution >= 0.6 is 11.6 Å². The molecule has 0 saturated heterocycles. The van der Waals surface area contributed by atoms with Crippen molar-refractivity contribution in [3.05, 3.63) is 105 Å². The van der Waals surface area contributed by atoms with Crippen LogP contribution in [0.25, 0.3) is 16.6 Å². The first-order valence-corrected chi connectivity index (χ1v) is 12.5. The Morgan fingerprint density at radius 2 is 1.83 bits per heavy atom. The molecular formula is C29H29ClFN3O2. The number of benzene rings is 3. The predicted octanol–water partition coefficient (Wildman–Crippen LogP) is 6.88. The summed E-state index contributed by atoms with van der Waals surface area (Å²) in [6, 6.07) is 17.7. The van der Waals surface area contributed by atoms with Gasteiger partial charge in [0, 0.05) is 17.1 Å². The van der Waals surface area contributed by atoms with Gasteiger partial charge in [0.25, 0.3) is 11.5 Å². The molecule has 3 aromatic carbocycles. The number of carbonyl (C=O) groups excluding carboxylic acids is 1. The summed E-state index contributed by atoms with van der Waals surface area (Å²) in [5, 5.41) is 0.904. The Morgan fingerprint density at radius 3 is 2.53 bits per heavy atom. The van der Waals surface area contributed by atoms with Crippen molar-refractivity contribution in [1.82, 2.24) is 14.5 Å². The Morgan fingerprint density at radius 1 is 1.08 bits per heavy atom. The molecule has 0 aliphatic heterocycles. The molecule has 0 aliphatic carbocycles. The van der Waals surface area contributed by atoms with Gasteiger partial charge in [-0.15, -0.1) is 0 Å². The molecule has 4 aromatic rings. The molecule has 0 spiro atoms. The lowest BCUT2D eigenvalue weighted by molar-refractivity contribution is 0.0676. The molecule has 1 atom stereocenters. The molecule has 36 heavy (non-hydrogen) atoms. The van der Waals surface area contributed by atoms with E-state index in [1.807, 2.05) is 38.1 Å². The fraction of sp³-hybridized carbons (Fsp3) is 0.276. The van der Waals surface area contributed by atoms with Crippen molar-refractivity contribution in [3.63, 3.8) is 0 Å². The number of rotatable bonds is 8. The molecule has 0 radical (unpaired) electrons. The van der Waals surface area contributed by atoms with Crippen LogP contribution in [0, 0.1) is 12.7 Å². The van der Waals surface area contributed by atoms with Crippen LogP contribution in [0.3, 0.4) is 0 Å². The van der Waals surface area contributed by atoms with E-state index in [0.29, 0.717) is 34.0 Å². The first kappa shape index (κ1) is 25.6. The monoisotopic (exact) mass is 505 g/mol. The van der Waals surface area contributed by atoms with Gasteiger partial charge in [-0.2, -0.15) is 0 Å². The van der Waals surface area contributed by atoms with E-state index in [9.17, 15) is 14.0 Å². The average Bonchev–Trinajstić information content (AvgIpc) is 2.86. The largest absolute Gasteiger partial charge is 0.329 e. The average molecular weight is 506 g/mol. The van der Waals surface area contributed by atoms with E-state index in [1.54, 1.807) is 33.7 Å². The number of unbranched alkanes of at least 4 members (excludes halogenated alkanes) is 2. The highest BCUT2D eigenvalue weighted by molar-refractivity contribution is 6.31. The Bertz CT molecular complexity index is 1450. The molecule has 186 valence electrons. The summed E-state index contributed by atoms with van der Waals surface area (Å²) >= 11 is 6.22. The van der Waals surface area contributed by atoms with Gasteiger partial charge in [-0.25, -0.2) is 9.37 Å². The molecule has 1 heterocycles. The van der Waals surface area contributed by atoms with Gasteiger partial charge >= 0.3 is 0 Å². The van der Waals surface area contributed by atoms with Crippen LogP contribution in [-0.4, -0.2) is 26.9 Å². The SMILES string of the molecule is CCCCCN(C(=O)c1cccc(F)c1)C(C)c1nc2cc(Cl)ccc2c(=O)n1-c1ccc(C)cc1. The summed E-state index contributed by atoms with van der Waals surface area (Å²) in [7, 11) is 0. The minimum absolute atomic E-state index is 0.242. The maximum atomic E-state index is 14.0. The van der Waals surface area contributed by atoms with E-state index >= 15 is 0 Å². The molecule has 0 bridgehead atoms. The quantitative estimate of drug-likeness (QED) is 0.245. The lowest BCUT2D eigenvalue weighted by Gasteiger charge is -2.31. The number of hydrogen-bond acceptors (Lipinski definition) is 3. The van der Waals surface area contributed by atoms with E-state index < -0.39 is 11.9 Å². The molecule has 1 unspecified atom stereocenters. The molecule has 1 amide bonds. The molecule has 5 nitrogen and oxygen atoms in total. The summed E-state index contributed by atoms with van der Waals surface area (Å²) in [4.78, 5) is 33.9. The number of carbonyl (C=O) groups is 1. The van der Waals surface area contributed by atoms with Gasteiger partial charge in [0.05, 0.1) is 22.6 Å². The fourth-order valence-corrected chi connectivity index (χ4v) is 4.50. The van der Waals surface area contributed by atoms with Crippen LogP contribution in [-0.2, 0) is 0 Å². The Hall–Kier alpha value is -3.51. The van der Waals surface area contributed by atoms with Gasteiger partial charge in [0.1, 0.15) is 11.6 Å². The number of aryl methyl sites for hydroxylation is 1.